The number of nitrogens with zero attached hydrogens (tertiary/aromatic N) is 2. The van der Waals surface area contributed by atoms with E-state index in [2.05, 4.69) is 15.5 Å². The molecule has 26 heavy (non-hydrogen) atoms. The van der Waals surface area contributed by atoms with E-state index < -0.39 is 0 Å². The first-order chi connectivity index (χ1) is 12.7. The summed E-state index contributed by atoms with van der Waals surface area (Å²) in [5.74, 6) is 1.28. The summed E-state index contributed by atoms with van der Waals surface area (Å²) < 4.78 is 10.6. The van der Waals surface area contributed by atoms with Gasteiger partial charge >= 0.3 is 0 Å². The number of aryl methyl sites for hydroxylation is 1. The average molecular weight is 365 g/mol. The van der Waals surface area contributed by atoms with Gasteiger partial charge in [0, 0.05) is 5.69 Å². The number of benzene rings is 1. The Hall–Kier alpha value is -3.19. The molecule has 0 spiro atoms. The van der Waals surface area contributed by atoms with Gasteiger partial charge in [-0.05, 0) is 47.7 Å². The topological polar surface area (TPSA) is 81.2 Å². The summed E-state index contributed by atoms with van der Waals surface area (Å²) in [7, 11) is 0. The zero-order chi connectivity index (χ0) is 17.9. The van der Waals surface area contributed by atoms with E-state index in [1.807, 2.05) is 42.6 Å². The van der Waals surface area contributed by atoms with Crippen LogP contribution in [-0.2, 0) is 6.42 Å². The third kappa shape index (κ3) is 3.43. The molecule has 0 radical (unpaired) electrons. The number of anilines is 1. The smallest absolute Gasteiger partial charge is 0.265 e. The van der Waals surface area contributed by atoms with Crippen LogP contribution >= 0.6 is 11.3 Å². The molecule has 0 bridgehead atoms. The van der Waals surface area contributed by atoms with Crippen LogP contribution in [0.25, 0.3) is 11.6 Å². The largest absolute Gasteiger partial charge is 0.461 e. The number of hydrogen-bond donors (Lipinski definition) is 1. The summed E-state index contributed by atoms with van der Waals surface area (Å²) in [5, 5.41) is 8.84. The van der Waals surface area contributed by atoms with Crippen molar-refractivity contribution < 1.29 is 13.7 Å². The van der Waals surface area contributed by atoms with Crippen LogP contribution in [0, 0.1) is 6.92 Å². The van der Waals surface area contributed by atoms with Crippen molar-refractivity contribution in [2.45, 2.75) is 13.3 Å². The van der Waals surface area contributed by atoms with Crippen molar-refractivity contribution in [1.29, 1.82) is 0 Å². The fourth-order valence-corrected chi connectivity index (χ4v) is 3.32. The van der Waals surface area contributed by atoms with E-state index >= 15 is 0 Å². The Morgan fingerprint density at radius 1 is 1.23 bits per heavy atom. The highest BCUT2D eigenvalue weighted by Crippen LogP contribution is 2.23. The molecule has 3 heterocycles. The molecular formula is C19H15N3O3S. The van der Waals surface area contributed by atoms with Gasteiger partial charge in [0.05, 0.1) is 17.6 Å². The lowest BCUT2D eigenvalue weighted by atomic mass is 10.1. The number of carbonyl (C=O) groups is 1. The molecule has 1 amide bonds. The lowest BCUT2D eigenvalue weighted by Crippen LogP contribution is -2.12. The van der Waals surface area contributed by atoms with Gasteiger partial charge in [0.15, 0.2) is 5.76 Å². The Balaban J connectivity index is 1.53. The van der Waals surface area contributed by atoms with E-state index in [-0.39, 0.29) is 5.91 Å². The minimum Gasteiger partial charge on any atom is -0.461 e. The maximum Gasteiger partial charge on any atom is 0.265 e. The molecule has 0 aliphatic carbocycles. The van der Waals surface area contributed by atoms with Crippen LogP contribution in [0.4, 0.5) is 5.69 Å². The van der Waals surface area contributed by atoms with Crippen molar-refractivity contribution in [3.63, 3.8) is 0 Å². The molecule has 0 unspecified atom stereocenters. The highest BCUT2D eigenvalue weighted by atomic mass is 32.1. The van der Waals surface area contributed by atoms with Crippen LogP contribution in [0.1, 0.15) is 26.7 Å². The summed E-state index contributed by atoms with van der Waals surface area (Å²) in [6, 6.07) is 13.0. The molecule has 0 saturated carbocycles. The van der Waals surface area contributed by atoms with Gasteiger partial charge in [-0.3, -0.25) is 4.79 Å². The minimum absolute atomic E-state index is 0.127. The number of rotatable bonds is 5. The molecule has 4 aromatic rings. The Morgan fingerprint density at radius 3 is 2.88 bits per heavy atom. The van der Waals surface area contributed by atoms with Crippen LogP contribution in [0.5, 0.6) is 0 Å². The zero-order valence-electron chi connectivity index (χ0n) is 13.9. The zero-order valence-corrected chi connectivity index (χ0v) is 14.7. The minimum atomic E-state index is -0.127. The van der Waals surface area contributed by atoms with Gasteiger partial charge in [-0.2, -0.15) is 4.98 Å². The third-order valence-corrected chi connectivity index (χ3v) is 4.82. The quantitative estimate of drug-likeness (QED) is 0.561. The second kappa shape index (κ2) is 6.97. The van der Waals surface area contributed by atoms with Gasteiger partial charge < -0.3 is 14.3 Å². The first-order valence-corrected chi connectivity index (χ1v) is 8.88. The van der Waals surface area contributed by atoms with E-state index in [1.54, 1.807) is 18.4 Å². The number of amides is 1. The predicted octanol–water partition coefficient (Wildman–Crippen LogP) is 4.54. The van der Waals surface area contributed by atoms with Gasteiger partial charge in [0.25, 0.3) is 5.91 Å². The molecule has 4 rings (SSSR count). The SMILES string of the molecule is Cc1csc(C(=O)Nc2ccccc2Cc2nc(-c3ccco3)no2)c1. The van der Waals surface area contributed by atoms with Gasteiger partial charge in [0.2, 0.25) is 11.7 Å². The van der Waals surface area contributed by atoms with E-state index in [0.29, 0.717) is 28.8 Å². The first kappa shape index (κ1) is 16.3. The maximum absolute atomic E-state index is 12.4. The molecular weight excluding hydrogens is 350 g/mol. The molecule has 7 heteroatoms. The standard InChI is InChI=1S/C19H15N3O3S/c1-12-9-16(26-11-12)19(23)20-14-6-3-2-5-13(14)10-17-21-18(22-25-17)15-7-4-8-24-15/h2-9,11H,10H2,1H3,(H,20,23). The van der Waals surface area contributed by atoms with E-state index in [0.717, 1.165) is 16.8 Å². The molecule has 1 N–H and O–H groups in total. The van der Waals surface area contributed by atoms with Crippen molar-refractivity contribution in [3.8, 4) is 11.6 Å². The Bertz CT molecular complexity index is 1030. The van der Waals surface area contributed by atoms with E-state index in [1.165, 1.54) is 11.3 Å². The predicted molar refractivity (Wildman–Crippen MR) is 98.3 cm³/mol. The molecule has 0 fully saturated rings. The normalized spacial score (nSPS) is 10.8. The highest BCUT2D eigenvalue weighted by molar-refractivity contribution is 7.12. The third-order valence-electron chi connectivity index (χ3n) is 3.77. The number of aromatic nitrogens is 2. The molecule has 0 aliphatic heterocycles. The molecule has 3 aromatic heterocycles. The molecule has 1 aromatic carbocycles. The van der Waals surface area contributed by atoms with Crippen LogP contribution in [0.2, 0.25) is 0 Å². The summed E-state index contributed by atoms with van der Waals surface area (Å²) in [5.41, 5.74) is 2.69. The Labute approximate surface area is 153 Å². The molecule has 0 atom stereocenters. The number of thiophene rings is 1. The van der Waals surface area contributed by atoms with Crippen molar-refractivity contribution in [1.82, 2.24) is 10.1 Å². The van der Waals surface area contributed by atoms with Crippen molar-refractivity contribution in [3.05, 3.63) is 76.0 Å². The monoisotopic (exact) mass is 365 g/mol. The van der Waals surface area contributed by atoms with E-state index in [4.69, 9.17) is 8.94 Å². The number of para-hydroxylation sites is 1. The van der Waals surface area contributed by atoms with Crippen LogP contribution in [0.15, 0.2) is 63.0 Å². The fourth-order valence-electron chi connectivity index (χ4n) is 2.53. The van der Waals surface area contributed by atoms with Crippen LogP contribution < -0.4 is 5.32 Å². The van der Waals surface area contributed by atoms with Crippen LogP contribution in [-0.4, -0.2) is 16.0 Å². The summed E-state index contributed by atoms with van der Waals surface area (Å²) >= 11 is 1.43. The number of carbonyl (C=O) groups excluding carboxylic acids is 1. The van der Waals surface area contributed by atoms with Gasteiger partial charge in [0.1, 0.15) is 0 Å². The summed E-state index contributed by atoms with van der Waals surface area (Å²) in [6.45, 7) is 1.97. The molecule has 130 valence electrons. The van der Waals surface area contributed by atoms with E-state index in [9.17, 15) is 4.79 Å². The van der Waals surface area contributed by atoms with Crippen molar-refractivity contribution in [2.75, 3.05) is 5.32 Å². The van der Waals surface area contributed by atoms with Crippen LogP contribution in [0.3, 0.4) is 0 Å². The highest BCUT2D eigenvalue weighted by Gasteiger charge is 2.15. The lowest BCUT2D eigenvalue weighted by Gasteiger charge is -2.08. The second-order valence-corrected chi connectivity index (χ2v) is 6.68. The first-order valence-electron chi connectivity index (χ1n) is 8.00. The Morgan fingerprint density at radius 2 is 2.12 bits per heavy atom. The fraction of sp³-hybridized carbons (Fsp3) is 0.105. The van der Waals surface area contributed by atoms with Gasteiger partial charge in [-0.15, -0.1) is 11.3 Å². The number of furan rings is 1. The average Bonchev–Trinajstić information content (AvgIpc) is 3.37. The summed E-state index contributed by atoms with van der Waals surface area (Å²) in [6.07, 6.45) is 1.97. The molecule has 0 aliphatic rings. The number of hydrogen-bond acceptors (Lipinski definition) is 6. The lowest BCUT2D eigenvalue weighted by molar-refractivity contribution is 0.103. The second-order valence-electron chi connectivity index (χ2n) is 5.77. The molecule has 6 nitrogen and oxygen atoms in total. The van der Waals surface area contributed by atoms with Crippen molar-refractivity contribution in [2.24, 2.45) is 0 Å². The summed E-state index contributed by atoms with van der Waals surface area (Å²) in [4.78, 5) is 17.5. The van der Waals surface area contributed by atoms with Gasteiger partial charge in [-0.1, -0.05) is 23.4 Å². The maximum atomic E-state index is 12.4. The number of nitrogens with one attached hydrogen (secondary N) is 1. The van der Waals surface area contributed by atoms with Crippen molar-refractivity contribution >= 4 is 22.9 Å². The Kier molecular flexibility index (Phi) is 4.37. The van der Waals surface area contributed by atoms with Gasteiger partial charge in [-0.25, -0.2) is 0 Å². The molecule has 0 saturated heterocycles.